The van der Waals surface area contributed by atoms with Crippen molar-refractivity contribution >= 4 is 38.8 Å². The number of hydrogen-bond donors (Lipinski definition) is 0. The van der Waals surface area contributed by atoms with E-state index >= 15 is 0 Å². The Morgan fingerprint density at radius 2 is 1.61 bits per heavy atom. The van der Waals surface area contributed by atoms with E-state index in [0.29, 0.717) is 6.60 Å². The van der Waals surface area contributed by atoms with Gasteiger partial charge in [-0.25, -0.2) is 0 Å². The summed E-state index contributed by atoms with van der Waals surface area (Å²) in [5.41, 5.74) is 0. The zero-order valence-electron chi connectivity index (χ0n) is 13.0. The summed E-state index contributed by atoms with van der Waals surface area (Å²) in [5.74, 6) is 0. The fourth-order valence-corrected chi connectivity index (χ4v) is 2.87. The van der Waals surface area contributed by atoms with Crippen molar-refractivity contribution in [2.24, 2.45) is 0 Å². The van der Waals surface area contributed by atoms with Crippen LogP contribution in [0.1, 0.15) is 68.7 Å². The molecule has 0 bridgehead atoms. The normalized spacial score (nSPS) is 8.26. The molecule has 2 unspecified atom stereocenters. The van der Waals surface area contributed by atoms with Gasteiger partial charge in [0.2, 0.25) is 0 Å². The second-order valence-electron chi connectivity index (χ2n) is 4.73. The first kappa shape index (κ1) is 44.5. The molecule has 0 aliphatic rings. The molecule has 0 amide bonds. The average Bonchev–Trinajstić information content (AvgIpc) is 2.34. The van der Waals surface area contributed by atoms with E-state index in [-0.39, 0.29) is 69.8 Å². The van der Waals surface area contributed by atoms with E-state index in [1.165, 1.54) is 63.5 Å². The van der Waals surface area contributed by atoms with Gasteiger partial charge in [0.25, 0.3) is 0 Å². The molecule has 0 nitrogen and oxygen atoms in total. The minimum absolute atomic E-state index is 0. The zero-order valence-corrected chi connectivity index (χ0v) is 18.0. The molecule has 0 aromatic rings. The van der Waals surface area contributed by atoms with E-state index in [2.05, 4.69) is 29.6 Å². The maximum absolute atomic E-state index is 6.03. The van der Waals surface area contributed by atoms with Crippen molar-refractivity contribution in [2.45, 2.75) is 94.0 Å². The Labute approximate surface area is 184 Å². The molecule has 0 fully saturated rings. The van der Waals surface area contributed by atoms with Crippen LogP contribution in [0.2, 0.25) is 25.3 Å². The molecule has 6 heteroatoms. The van der Waals surface area contributed by atoms with Crippen LogP contribution < -0.4 is 0 Å². The van der Waals surface area contributed by atoms with Crippen molar-refractivity contribution in [3.05, 3.63) is 13.8 Å². The van der Waals surface area contributed by atoms with Gasteiger partial charge < -0.3 is 13.8 Å². The minimum Gasteiger partial charge on any atom is -0.358 e. The van der Waals surface area contributed by atoms with Crippen LogP contribution in [0.25, 0.3) is 0 Å². The summed E-state index contributed by atoms with van der Waals surface area (Å²) in [4.78, 5) is 0. The van der Waals surface area contributed by atoms with Gasteiger partial charge in [0.15, 0.2) is 0 Å². The molecule has 0 spiro atoms. The van der Waals surface area contributed by atoms with E-state index in [9.17, 15) is 0 Å². The van der Waals surface area contributed by atoms with E-state index < -0.39 is 0 Å². The largest absolute Gasteiger partial charge is 0.358 e. The summed E-state index contributed by atoms with van der Waals surface area (Å²) < 4.78 is 0. The fraction of sp³-hybridized carbons (Fsp3) is 0.882. The van der Waals surface area contributed by atoms with Crippen LogP contribution in [0, 0.1) is 13.8 Å². The minimum atomic E-state index is 0. The SMILES string of the molecule is C.C.C.C.[B]B(CCC[CH-]CCC[B]CCC)CCPP.[CH3-].[Y]. The third kappa shape index (κ3) is 40.3. The van der Waals surface area contributed by atoms with Gasteiger partial charge in [0.05, 0.1) is 6.60 Å². The Hall–Kier alpha value is 2.16. The molecule has 0 aromatic carbocycles. The van der Waals surface area contributed by atoms with E-state index in [0.717, 1.165) is 8.27 Å². The first-order valence-corrected chi connectivity index (χ1v) is 10.1. The first-order chi connectivity index (χ1) is 8.31. The molecule has 2 atom stereocenters. The summed E-state index contributed by atoms with van der Waals surface area (Å²) in [6, 6.07) is 0. The van der Waals surface area contributed by atoms with Crippen LogP contribution in [0.4, 0.5) is 0 Å². The Bertz CT molecular complexity index is 156. The standard InChI is InChI=1S/C12H27B3P2.4CH4.CH3.Y/c1-2-8-14-9-6-4-3-5-7-10-15(13)11-12-17-16;;;;;;/h3,17H,2,4-12,16H2,1H3;4*1H4;1H3;/q-1;;;;;-1;. The molecule has 0 N–H and O–H groups in total. The van der Waals surface area contributed by atoms with Crippen LogP contribution in [-0.2, 0) is 32.7 Å². The molecular formula is C17H46B3P2Y-2. The van der Waals surface area contributed by atoms with Crippen LogP contribution in [0.15, 0.2) is 0 Å². The molecule has 0 saturated carbocycles. The molecule has 23 heavy (non-hydrogen) atoms. The van der Waals surface area contributed by atoms with Gasteiger partial charge in [-0.1, -0.05) is 81.2 Å². The van der Waals surface area contributed by atoms with Crippen molar-refractivity contribution in [1.82, 2.24) is 0 Å². The molecule has 0 aromatic heterocycles. The summed E-state index contributed by atoms with van der Waals surface area (Å²) >= 11 is 0. The quantitative estimate of drug-likeness (QED) is 0.123. The third-order valence-electron chi connectivity index (χ3n) is 2.95. The first-order valence-electron chi connectivity index (χ1n) is 7.13. The van der Waals surface area contributed by atoms with Crippen molar-refractivity contribution < 1.29 is 32.7 Å². The molecule has 0 rings (SSSR count). The molecule has 138 valence electrons. The summed E-state index contributed by atoms with van der Waals surface area (Å²) in [6.07, 6.45) is 15.1. The van der Waals surface area contributed by atoms with Crippen LogP contribution >= 0.6 is 17.2 Å². The molecule has 0 aliphatic heterocycles. The van der Waals surface area contributed by atoms with Gasteiger partial charge in [0.1, 0.15) is 7.28 Å². The zero-order chi connectivity index (χ0) is 12.8. The third-order valence-corrected chi connectivity index (χ3v) is 4.40. The Morgan fingerprint density at radius 3 is 2.13 bits per heavy atom. The van der Waals surface area contributed by atoms with Gasteiger partial charge in [-0.2, -0.15) is 12.8 Å². The molecule has 0 saturated heterocycles. The van der Waals surface area contributed by atoms with E-state index in [4.69, 9.17) is 7.74 Å². The van der Waals surface area contributed by atoms with E-state index in [1.807, 2.05) is 0 Å². The van der Waals surface area contributed by atoms with Gasteiger partial charge in [-0.05, 0) is 6.16 Å². The summed E-state index contributed by atoms with van der Waals surface area (Å²) in [6.45, 7) is 2.68. The average molecular weight is 434 g/mol. The van der Waals surface area contributed by atoms with Gasteiger partial charge in [0, 0.05) is 40.4 Å². The fourth-order valence-electron chi connectivity index (χ4n) is 1.84. The molecule has 0 heterocycles. The maximum Gasteiger partial charge on any atom is 0.109 e. The van der Waals surface area contributed by atoms with Gasteiger partial charge in [-0.3, -0.25) is 0 Å². The van der Waals surface area contributed by atoms with Crippen LogP contribution in [0.5, 0.6) is 0 Å². The van der Waals surface area contributed by atoms with Crippen molar-refractivity contribution in [3.8, 4) is 0 Å². The Balaban J connectivity index is -0.0000000853. The smallest absolute Gasteiger partial charge is 0.109 e. The summed E-state index contributed by atoms with van der Waals surface area (Å²) in [5, 5.41) is 0. The molecular weight excluding hydrogens is 387 g/mol. The second-order valence-corrected chi connectivity index (χ2v) is 6.86. The number of rotatable bonds is 13. The van der Waals surface area contributed by atoms with E-state index in [1.54, 1.807) is 0 Å². The van der Waals surface area contributed by atoms with Gasteiger partial charge in [-0.15, -0.1) is 17.2 Å². The Kier molecular flexibility index (Phi) is 76.1. The predicted molar refractivity (Wildman–Crippen MR) is 126 cm³/mol. The van der Waals surface area contributed by atoms with Crippen LogP contribution in [0.3, 0.4) is 0 Å². The molecule has 4 radical (unpaired) electrons. The number of hydrogen-bond acceptors (Lipinski definition) is 0. The predicted octanol–water partition coefficient (Wildman–Crippen LogP) is 7.32. The van der Waals surface area contributed by atoms with Crippen molar-refractivity contribution in [3.63, 3.8) is 0 Å². The monoisotopic (exact) mass is 434 g/mol. The topological polar surface area (TPSA) is 0 Å². The number of unbranched alkanes of at least 4 members (excludes halogenated alkanes) is 4. The maximum atomic E-state index is 6.03. The van der Waals surface area contributed by atoms with Gasteiger partial charge >= 0.3 is 0 Å². The Morgan fingerprint density at radius 1 is 1.04 bits per heavy atom. The summed E-state index contributed by atoms with van der Waals surface area (Å²) in [7, 11) is 12.2. The second kappa shape index (κ2) is 39.3. The van der Waals surface area contributed by atoms with Crippen molar-refractivity contribution in [2.75, 3.05) is 6.16 Å². The van der Waals surface area contributed by atoms with Crippen molar-refractivity contribution in [1.29, 1.82) is 0 Å². The molecule has 0 aliphatic carbocycles. The van der Waals surface area contributed by atoms with Crippen LogP contribution in [-0.4, -0.2) is 27.8 Å².